The van der Waals surface area contributed by atoms with Gasteiger partial charge >= 0.3 is 0 Å². The Labute approximate surface area is 154 Å². The summed E-state index contributed by atoms with van der Waals surface area (Å²) in [5, 5.41) is 4.39. The minimum atomic E-state index is -0.494. The van der Waals surface area contributed by atoms with Crippen molar-refractivity contribution >= 4 is 33.1 Å². The fourth-order valence-electron chi connectivity index (χ4n) is 2.58. The van der Waals surface area contributed by atoms with Crippen LogP contribution in [0.3, 0.4) is 0 Å². The van der Waals surface area contributed by atoms with Crippen LogP contribution in [0.1, 0.15) is 0 Å². The number of hydrogen-bond acceptors (Lipinski definition) is 5. The zero-order valence-electron chi connectivity index (χ0n) is 13.9. The van der Waals surface area contributed by atoms with E-state index in [0.717, 1.165) is 32.2 Å². The molecule has 0 unspecified atom stereocenters. The molecule has 0 radical (unpaired) electrons. The molecular weight excluding hydrogens is 349 g/mol. The molecule has 0 bridgehead atoms. The Morgan fingerprint density at radius 1 is 1.08 bits per heavy atom. The number of aromatic nitrogens is 2. The van der Waals surface area contributed by atoms with Crippen LogP contribution >= 0.6 is 11.3 Å². The highest BCUT2D eigenvalue weighted by Gasteiger charge is 2.07. The van der Waals surface area contributed by atoms with Crippen molar-refractivity contribution < 1.29 is 9.13 Å². The van der Waals surface area contributed by atoms with Crippen LogP contribution in [0.25, 0.3) is 20.7 Å². The topological polar surface area (TPSA) is 47.0 Å². The molecule has 0 amide bonds. The van der Waals surface area contributed by atoms with Crippen LogP contribution in [0.15, 0.2) is 67.0 Å². The fraction of sp³-hybridized carbons (Fsp3) is 0.100. The second-order valence-electron chi connectivity index (χ2n) is 5.63. The fourth-order valence-corrected chi connectivity index (χ4v) is 3.60. The summed E-state index contributed by atoms with van der Waals surface area (Å²) in [6.07, 6.45) is 3.63. The highest BCUT2D eigenvalue weighted by molar-refractivity contribution is 7.21. The quantitative estimate of drug-likeness (QED) is 0.493. The number of thiophene rings is 1. The number of anilines is 2. The molecule has 1 N–H and O–H groups in total. The van der Waals surface area contributed by atoms with Gasteiger partial charge in [-0.3, -0.25) is 4.98 Å². The van der Waals surface area contributed by atoms with Gasteiger partial charge in [0.15, 0.2) is 0 Å². The van der Waals surface area contributed by atoms with E-state index in [1.54, 1.807) is 17.5 Å². The molecular formula is C20H16FN3OS. The van der Waals surface area contributed by atoms with Crippen LogP contribution in [0.5, 0.6) is 5.75 Å². The van der Waals surface area contributed by atoms with Gasteiger partial charge in [0.1, 0.15) is 29.7 Å². The Bertz CT molecular complexity index is 1000. The summed E-state index contributed by atoms with van der Waals surface area (Å²) in [7, 11) is 0. The first-order chi connectivity index (χ1) is 12.8. The zero-order chi connectivity index (χ0) is 17.8. The third kappa shape index (κ3) is 3.65. The number of hydrogen-bond donors (Lipinski definition) is 1. The lowest BCUT2D eigenvalue weighted by Crippen LogP contribution is -1.98. The van der Waals surface area contributed by atoms with Crippen molar-refractivity contribution in [3.05, 3.63) is 67.0 Å². The summed E-state index contributed by atoms with van der Waals surface area (Å²) in [4.78, 5) is 11.0. The van der Waals surface area contributed by atoms with Crippen LogP contribution in [0.2, 0.25) is 0 Å². The molecule has 4 nitrogen and oxygen atoms in total. The smallest absolute Gasteiger partial charge is 0.132 e. The van der Waals surface area contributed by atoms with E-state index in [9.17, 15) is 4.39 Å². The Hall–Kier alpha value is -2.99. The van der Waals surface area contributed by atoms with Gasteiger partial charge in [-0.05, 0) is 48.5 Å². The van der Waals surface area contributed by atoms with E-state index in [0.29, 0.717) is 5.75 Å². The minimum absolute atomic E-state index is 0.0721. The summed E-state index contributed by atoms with van der Waals surface area (Å²) in [5.41, 5.74) is 1.99. The van der Waals surface area contributed by atoms with Crippen molar-refractivity contribution in [1.82, 2.24) is 9.97 Å². The minimum Gasteiger partial charge on any atom is -0.491 e. The average Bonchev–Trinajstić information content (AvgIpc) is 3.12. The van der Waals surface area contributed by atoms with Crippen molar-refractivity contribution in [2.75, 3.05) is 18.6 Å². The monoisotopic (exact) mass is 365 g/mol. The molecule has 0 saturated carbocycles. The van der Waals surface area contributed by atoms with Crippen molar-refractivity contribution in [3.63, 3.8) is 0 Å². The summed E-state index contributed by atoms with van der Waals surface area (Å²) >= 11 is 1.64. The van der Waals surface area contributed by atoms with Gasteiger partial charge in [0.05, 0.1) is 0 Å². The van der Waals surface area contributed by atoms with Gasteiger partial charge in [0, 0.05) is 33.9 Å². The molecule has 130 valence electrons. The number of rotatable bonds is 6. The lowest BCUT2D eigenvalue weighted by molar-refractivity contribution is 0.273. The third-order valence-corrected chi connectivity index (χ3v) is 4.90. The number of alkyl halides is 1. The van der Waals surface area contributed by atoms with E-state index < -0.39 is 6.67 Å². The van der Waals surface area contributed by atoms with Gasteiger partial charge in [-0.1, -0.05) is 6.07 Å². The number of ether oxygens (including phenoxy) is 1. The normalized spacial score (nSPS) is 10.8. The SMILES string of the molecule is FCCOc1ccc(Nc2ccc3cc(-c4cccnc4)sc3n2)cc1. The highest BCUT2D eigenvalue weighted by atomic mass is 32.1. The molecule has 1 aromatic carbocycles. The molecule has 0 atom stereocenters. The first kappa shape index (κ1) is 16.5. The van der Waals surface area contributed by atoms with E-state index in [1.807, 2.05) is 48.7 Å². The maximum atomic E-state index is 12.1. The average molecular weight is 365 g/mol. The highest BCUT2D eigenvalue weighted by Crippen LogP contribution is 2.33. The molecule has 4 rings (SSSR count). The van der Waals surface area contributed by atoms with E-state index in [4.69, 9.17) is 9.72 Å². The summed E-state index contributed by atoms with van der Waals surface area (Å²) in [6.45, 7) is -0.422. The molecule has 0 aliphatic heterocycles. The predicted octanol–water partition coefficient (Wildman–Crippen LogP) is 5.45. The van der Waals surface area contributed by atoms with E-state index >= 15 is 0 Å². The number of halogens is 1. The standard InChI is InChI=1S/C20H16FN3OS/c21-9-11-25-17-6-4-16(5-7-17)23-19-8-3-14-12-18(26-20(14)24-19)15-2-1-10-22-13-15/h1-8,10,12-13H,9,11H2,(H,23,24). The van der Waals surface area contributed by atoms with Crippen molar-refractivity contribution in [1.29, 1.82) is 0 Å². The molecule has 0 saturated heterocycles. The summed E-state index contributed by atoms with van der Waals surface area (Å²) in [5.74, 6) is 1.42. The molecule has 0 fully saturated rings. The Morgan fingerprint density at radius 3 is 2.73 bits per heavy atom. The van der Waals surface area contributed by atoms with Gasteiger partial charge in [0.25, 0.3) is 0 Å². The Kier molecular flexibility index (Phi) is 4.75. The molecule has 3 heterocycles. The second-order valence-corrected chi connectivity index (χ2v) is 6.66. The molecule has 0 spiro atoms. The molecule has 6 heteroatoms. The van der Waals surface area contributed by atoms with Gasteiger partial charge in [-0.2, -0.15) is 0 Å². The number of nitrogens with one attached hydrogen (secondary N) is 1. The molecule has 0 aliphatic carbocycles. The Morgan fingerprint density at radius 2 is 1.96 bits per heavy atom. The van der Waals surface area contributed by atoms with E-state index in [-0.39, 0.29) is 6.61 Å². The largest absolute Gasteiger partial charge is 0.491 e. The number of pyridine rings is 2. The van der Waals surface area contributed by atoms with Crippen molar-refractivity contribution in [2.45, 2.75) is 0 Å². The molecule has 0 aliphatic rings. The van der Waals surface area contributed by atoms with Crippen LogP contribution < -0.4 is 10.1 Å². The van der Waals surface area contributed by atoms with Crippen LogP contribution in [-0.2, 0) is 0 Å². The van der Waals surface area contributed by atoms with Crippen molar-refractivity contribution in [3.8, 4) is 16.2 Å². The maximum absolute atomic E-state index is 12.1. The van der Waals surface area contributed by atoms with Crippen LogP contribution in [-0.4, -0.2) is 23.2 Å². The summed E-state index contributed by atoms with van der Waals surface area (Å²) in [6, 6.07) is 17.5. The van der Waals surface area contributed by atoms with E-state index in [1.165, 1.54) is 0 Å². The zero-order valence-corrected chi connectivity index (χ0v) is 14.7. The van der Waals surface area contributed by atoms with Gasteiger partial charge in [-0.25, -0.2) is 9.37 Å². The predicted molar refractivity (Wildman–Crippen MR) is 104 cm³/mol. The van der Waals surface area contributed by atoms with Gasteiger partial charge in [-0.15, -0.1) is 11.3 Å². The van der Waals surface area contributed by atoms with Crippen LogP contribution in [0, 0.1) is 0 Å². The third-order valence-electron chi connectivity index (χ3n) is 3.80. The second kappa shape index (κ2) is 7.49. The lowest BCUT2D eigenvalue weighted by atomic mass is 10.2. The van der Waals surface area contributed by atoms with E-state index in [2.05, 4.69) is 22.4 Å². The number of fused-ring (bicyclic) bond motifs is 1. The molecule has 4 aromatic rings. The Balaban J connectivity index is 1.54. The van der Waals surface area contributed by atoms with Crippen molar-refractivity contribution in [2.24, 2.45) is 0 Å². The number of nitrogens with zero attached hydrogens (tertiary/aromatic N) is 2. The maximum Gasteiger partial charge on any atom is 0.132 e. The van der Waals surface area contributed by atoms with Gasteiger partial charge in [0.2, 0.25) is 0 Å². The number of benzene rings is 1. The lowest BCUT2D eigenvalue weighted by Gasteiger charge is -2.07. The summed E-state index contributed by atoms with van der Waals surface area (Å²) < 4.78 is 17.4. The molecule has 3 aromatic heterocycles. The van der Waals surface area contributed by atoms with Crippen LogP contribution in [0.4, 0.5) is 15.9 Å². The van der Waals surface area contributed by atoms with Gasteiger partial charge < -0.3 is 10.1 Å². The first-order valence-corrected chi connectivity index (χ1v) is 9.00. The first-order valence-electron chi connectivity index (χ1n) is 8.19. The molecule has 26 heavy (non-hydrogen) atoms.